The Morgan fingerprint density at radius 3 is 2.62 bits per heavy atom. The van der Waals surface area contributed by atoms with Gasteiger partial charge >= 0.3 is 5.97 Å². The van der Waals surface area contributed by atoms with Crippen LogP contribution in [0.15, 0.2) is 12.1 Å². The van der Waals surface area contributed by atoms with Gasteiger partial charge in [-0.1, -0.05) is 11.6 Å². The summed E-state index contributed by atoms with van der Waals surface area (Å²) in [5, 5.41) is 0.162. The van der Waals surface area contributed by atoms with Crippen LogP contribution in [0.1, 0.15) is 23.7 Å². The SMILES string of the molecule is CCN(C(=O)COC(=O)c1cc(Cl)c(N)cc1OC)C1CCS(=O)(=O)C1. The molecular weight excluding hydrogens is 384 g/mol. The van der Waals surface area contributed by atoms with Gasteiger partial charge in [0.1, 0.15) is 11.3 Å². The number of halogens is 1. The minimum absolute atomic E-state index is 0.0472. The second-order valence-corrected chi connectivity index (χ2v) is 8.52. The molecule has 1 atom stereocenters. The number of amides is 1. The van der Waals surface area contributed by atoms with E-state index < -0.39 is 34.4 Å². The fraction of sp³-hybridized carbons (Fsp3) is 0.500. The highest BCUT2D eigenvalue weighted by Gasteiger charge is 2.34. The van der Waals surface area contributed by atoms with Crippen LogP contribution in [0.2, 0.25) is 5.02 Å². The summed E-state index contributed by atoms with van der Waals surface area (Å²) < 4.78 is 33.4. The van der Waals surface area contributed by atoms with Gasteiger partial charge in [-0.05, 0) is 19.4 Å². The van der Waals surface area contributed by atoms with Crippen molar-refractivity contribution < 1.29 is 27.5 Å². The monoisotopic (exact) mass is 404 g/mol. The number of sulfone groups is 1. The molecule has 144 valence electrons. The highest BCUT2D eigenvalue weighted by Crippen LogP contribution is 2.29. The van der Waals surface area contributed by atoms with Gasteiger partial charge in [0.2, 0.25) is 0 Å². The quantitative estimate of drug-likeness (QED) is 0.557. The maximum absolute atomic E-state index is 12.4. The molecule has 1 unspecified atom stereocenters. The normalized spacial score (nSPS) is 18.3. The van der Waals surface area contributed by atoms with Crippen molar-refractivity contribution >= 4 is 39.0 Å². The summed E-state index contributed by atoms with van der Waals surface area (Å²) in [5.74, 6) is -1.07. The van der Waals surface area contributed by atoms with E-state index in [1.807, 2.05) is 0 Å². The number of hydrogen-bond acceptors (Lipinski definition) is 7. The summed E-state index contributed by atoms with van der Waals surface area (Å²) in [6, 6.07) is 2.31. The molecule has 26 heavy (non-hydrogen) atoms. The van der Waals surface area contributed by atoms with Crippen molar-refractivity contribution in [3.8, 4) is 5.75 Å². The van der Waals surface area contributed by atoms with Gasteiger partial charge in [0.25, 0.3) is 5.91 Å². The zero-order valence-corrected chi connectivity index (χ0v) is 16.1. The molecule has 0 radical (unpaired) electrons. The van der Waals surface area contributed by atoms with E-state index in [4.69, 9.17) is 26.8 Å². The standard InChI is InChI=1S/C16H21ClN2O6S/c1-3-19(10-4-5-26(22,23)9-10)15(20)8-25-16(21)11-6-12(17)13(18)7-14(11)24-2/h6-7,10H,3-5,8-9,18H2,1-2H3. The van der Waals surface area contributed by atoms with E-state index in [0.29, 0.717) is 13.0 Å². The fourth-order valence-corrected chi connectivity index (χ4v) is 4.74. The molecule has 0 aliphatic carbocycles. The number of esters is 1. The molecule has 1 heterocycles. The minimum atomic E-state index is -3.12. The molecule has 2 N–H and O–H groups in total. The van der Waals surface area contributed by atoms with Crippen LogP contribution < -0.4 is 10.5 Å². The number of carbonyl (C=O) groups is 2. The topological polar surface area (TPSA) is 116 Å². The molecular formula is C16H21ClN2O6S. The lowest BCUT2D eigenvalue weighted by Crippen LogP contribution is -2.43. The Balaban J connectivity index is 2.04. The second kappa shape index (κ2) is 8.13. The highest BCUT2D eigenvalue weighted by molar-refractivity contribution is 7.91. The smallest absolute Gasteiger partial charge is 0.342 e. The van der Waals surface area contributed by atoms with Crippen molar-refractivity contribution in [1.29, 1.82) is 0 Å². The number of benzene rings is 1. The average molecular weight is 405 g/mol. The molecule has 0 aromatic heterocycles. The molecule has 10 heteroatoms. The molecule has 1 aliphatic heterocycles. The van der Waals surface area contributed by atoms with Crippen molar-refractivity contribution in [3.05, 3.63) is 22.7 Å². The highest BCUT2D eigenvalue weighted by atomic mass is 35.5. The van der Waals surface area contributed by atoms with Gasteiger partial charge in [-0.15, -0.1) is 0 Å². The van der Waals surface area contributed by atoms with Gasteiger partial charge < -0.3 is 20.1 Å². The third kappa shape index (κ3) is 4.59. The predicted molar refractivity (Wildman–Crippen MR) is 97.1 cm³/mol. The van der Waals surface area contributed by atoms with Crippen LogP contribution in [0.4, 0.5) is 5.69 Å². The summed E-state index contributed by atoms with van der Waals surface area (Å²) in [4.78, 5) is 26.0. The summed E-state index contributed by atoms with van der Waals surface area (Å²) in [7, 11) is -1.76. The van der Waals surface area contributed by atoms with Crippen LogP contribution >= 0.6 is 11.6 Å². The summed E-state index contributed by atoms with van der Waals surface area (Å²) in [6.45, 7) is 1.56. The van der Waals surface area contributed by atoms with E-state index in [2.05, 4.69) is 0 Å². The Labute approximate surface area is 157 Å². The van der Waals surface area contributed by atoms with Gasteiger partial charge in [0, 0.05) is 18.7 Å². The van der Waals surface area contributed by atoms with Crippen LogP contribution in [0.5, 0.6) is 5.75 Å². The summed E-state index contributed by atoms with van der Waals surface area (Å²) in [6.07, 6.45) is 0.386. The Morgan fingerprint density at radius 1 is 1.38 bits per heavy atom. The molecule has 1 aromatic carbocycles. The number of carbonyl (C=O) groups excluding carboxylic acids is 2. The number of hydrogen-bond donors (Lipinski definition) is 1. The van der Waals surface area contributed by atoms with Gasteiger partial charge in [0.15, 0.2) is 16.4 Å². The molecule has 1 aliphatic rings. The van der Waals surface area contributed by atoms with Gasteiger partial charge in [-0.25, -0.2) is 13.2 Å². The largest absolute Gasteiger partial charge is 0.496 e. The zero-order valence-electron chi connectivity index (χ0n) is 14.5. The van der Waals surface area contributed by atoms with E-state index in [1.165, 1.54) is 24.1 Å². The van der Waals surface area contributed by atoms with Crippen LogP contribution in [0.3, 0.4) is 0 Å². The van der Waals surface area contributed by atoms with Crippen molar-refractivity contribution in [2.24, 2.45) is 0 Å². The Kier molecular flexibility index (Phi) is 6.35. The van der Waals surface area contributed by atoms with Gasteiger partial charge in [-0.3, -0.25) is 4.79 Å². The minimum Gasteiger partial charge on any atom is -0.496 e. The maximum atomic E-state index is 12.4. The van der Waals surface area contributed by atoms with Crippen LogP contribution in [-0.4, -0.2) is 63.0 Å². The van der Waals surface area contributed by atoms with Crippen molar-refractivity contribution in [1.82, 2.24) is 4.90 Å². The molecule has 1 aromatic rings. The molecule has 8 nitrogen and oxygen atoms in total. The lowest BCUT2D eigenvalue weighted by molar-refractivity contribution is -0.136. The van der Waals surface area contributed by atoms with Crippen molar-refractivity contribution in [2.75, 3.05) is 37.5 Å². The second-order valence-electron chi connectivity index (χ2n) is 5.89. The summed E-state index contributed by atoms with van der Waals surface area (Å²) >= 11 is 5.91. The predicted octanol–water partition coefficient (Wildman–Crippen LogP) is 1.12. The van der Waals surface area contributed by atoms with Gasteiger partial charge in [0.05, 0.1) is 29.3 Å². The Hall–Kier alpha value is -2.00. The molecule has 0 spiro atoms. The zero-order chi connectivity index (χ0) is 19.5. The van der Waals surface area contributed by atoms with Crippen LogP contribution in [0, 0.1) is 0 Å². The van der Waals surface area contributed by atoms with Crippen LogP contribution in [0.25, 0.3) is 0 Å². The third-order valence-corrected chi connectivity index (χ3v) is 6.25. The summed E-state index contributed by atoms with van der Waals surface area (Å²) in [5.41, 5.74) is 5.96. The van der Waals surface area contributed by atoms with Gasteiger partial charge in [-0.2, -0.15) is 0 Å². The number of nitrogen functional groups attached to an aromatic ring is 1. The molecule has 2 rings (SSSR count). The van der Waals surface area contributed by atoms with Crippen molar-refractivity contribution in [2.45, 2.75) is 19.4 Å². The molecule has 1 fully saturated rings. The number of ether oxygens (including phenoxy) is 2. The first-order valence-electron chi connectivity index (χ1n) is 7.98. The van der Waals surface area contributed by atoms with E-state index in [-0.39, 0.29) is 33.5 Å². The van der Waals surface area contributed by atoms with Crippen molar-refractivity contribution in [3.63, 3.8) is 0 Å². The number of methoxy groups -OCH3 is 1. The number of nitrogens with two attached hydrogens (primary N) is 1. The number of likely N-dealkylation sites (N-methyl/N-ethyl adjacent to an activating group) is 1. The third-order valence-electron chi connectivity index (χ3n) is 4.18. The molecule has 0 bridgehead atoms. The lowest BCUT2D eigenvalue weighted by Gasteiger charge is -2.26. The van der Waals surface area contributed by atoms with E-state index in [0.717, 1.165) is 0 Å². The first-order chi connectivity index (χ1) is 12.2. The van der Waals surface area contributed by atoms with E-state index >= 15 is 0 Å². The van der Waals surface area contributed by atoms with E-state index in [9.17, 15) is 18.0 Å². The first-order valence-corrected chi connectivity index (χ1v) is 10.2. The van der Waals surface area contributed by atoms with E-state index in [1.54, 1.807) is 6.92 Å². The number of nitrogens with zero attached hydrogens (tertiary/aromatic N) is 1. The Bertz CT molecular complexity index is 811. The maximum Gasteiger partial charge on any atom is 0.342 e. The molecule has 1 saturated heterocycles. The first kappa shape index (κ1) is 20.3. The average Bonchev–Trinajstić information content (AvgIpc) is 2.94. The molecule has 0 saturated carbocycles. The number of anilines is 1. The molecule has 1 amide bonds. The number of rotatable bonds is 6. The Morgan fingerprint density at radius 2 is 2.08 bits per heavy atom. The lowest BCUT2D eigenvalue weighted by atomic mass is 10.2. The van der Waals surface area contributed by atoms with Crippen LogP contribution in [-0.2, 0) is 19.4 Å². The fourth-order valence-electron chi connectivity index (χ4n) is 2.84.